The summed E-state index contributed by atoms with van der Waals surface area (Å²) in [4.78, 5) is 10.2. The lowest BCUT2D eigenvalue weighted by atomic mass is 10.3. The fourth-order valence-electron chi connectivity index (χ4n) is 3.62. The summed E-state index contributed by atoms with van der Waals surface area (Å²) in [6.07, 6.45) is 0. The number of benzene rings is 1. The number of nitrogens with zero attached hydrogens (tertiary/aromatic N) is 4. The van der Waals surface area contributed by atoms with Gasteiger partial charge in [0.05, 0.1) is 22.5 Å². The van der Waals surface area contributed by atoms with Crippen molar-refractivity contribution in [2.45, 2.75) is 38.0 Å². The lowest BCUT2D eigenvalue weighted by Gasteiger charge is -2.21. The normalized spacial score (nSPS) is 12.4. The molecule has 0 atom stereocenters. The third kappa shape index (κ3) is 4.75. The molecule has 31 heavy (non-hydrogen) atoms. The van der Waals surface area contributed by atoms with Crippen LogP contribution in [0, 0.1) is 0 Å². The maximum absolute atomic E-state index is 12.6. The summed E-state index contributed by atoms with van der Waals surface area (Å²) >= 11 is 3.52. The molecule has 3 aromatic heterocycles. The molecule has 0 bridgehead atoms. The van der Waals surface area contributed by atoms with Crippen molar-refractivity contribution in [3.8, 4) is 0 Å². The molecular formula is C22H26N4O2S3. The van der Waals surface area contributed by atoms with Gasteiger partial charge in [0.1, 0.15) is 5.82 Å². The molecule has 164 valence electrons. The predicted octanol–water partition coefficient (Wildman–Crippen LogP) is 4.63. The quantitative estimate of drug-likeness (QED) is 0.355. The highest BCUT2D eigenvalue weighted by atomic mass is 32.2. The van der Waals surface area contributed by atoms with Gasteiger partial charge in [0.2, 0.25) is 10.0 Å². The van der Waals surface area contributed by atoms with Crippen LogP contribution in [0.25, 0.3) is 11.0 Å². The Labute approximate surface area is 191 Å². The van der Waals surface area contributed by atoms with Crippen molar-refractivity contribution in [2.24, 2.45) is 0 Å². The Morgan fingerprint density at radius 2 is 1.61 bits per heavy atom. The Morgan fingerprint density at radius 1 is 0.968 bits per heavy atom. The number of rotatable bonds is 9. The van der Waals surface area contributed by atoms with Crippen molar-refractivity contribution in [1.29, 1.82) is 0 Å². The van der Waals surface area contributed by atoms with Crippen LogP contribution in [0.15, 0.2) is 58.1 Å². The molecule has 0 radical (unpaired) electrons. The summed E-state index contributed by atoms with van der Waals surface area (Å²) in [5, 5.41) is 4.21. The molecule has 0 saturated heterocycles. The molecular weight excluding hydrogens is 448 g/mol. The molecule has 4 rings (SSSR count). The number of aromatic nitrogens is 2. The number of hydrogen-bond acceptors (Lipinski definition) is 6. The van der Waals surface area contributed by atoms with Gasteiger partial charge < -0.3 is 4.57 Å². The first-order valence-corrected chi connectivity index (χ1v) is 13.3. The van der Waals surface area contributed by atoms with Crippen molar-refractivity contribution in [3.05, 3.63) is 68.8 Å². The van der Waals surface area contributed by atoms with Gasteiger partial charge in [-0.2, -0.15) is 0 Å². The van der Waals surface area contributed by atoms with E-state index >= 15 is 0 Å². The number of hydrogen-bond donors (Lipinski definition) is 0. The van der Waals surface area contributed by atoms with Crippen LogP contribution >= 0.6 is 22.7 Å². The van der Waals surface area contributed by atoms with Crippen LogP contribution in [0.5, 0.6) is 0 Å². The van der Waals surface area contributed by atoms with Crippen molar-refractivity contribution in [2.75, 3.05) is 14.1 Å². The minimum absolute atomic E-state index is 0.270. The molecule has 0 fully saturated rings. The summed E-state index contributed by atoms with van der Waals surface area (Å²) in [5.41, 5.74) is 1.68. The maximum atomic E-state index is 12.6. The van der Waals surface area contributed by atoms with E-state index in [4.69, 9.17) is 4.98 Å². The maximum Gasteiger partial charge on any atom is 0.242 e. The Hall–Kier alpha value is -2.04. The van der Waals surface area contributed by atoms with Crippen LogP contribution in [0.3, 0.4) is 0 Å². The molecule has 0 N–H and O–H groups in total. The zero-order chi connectivity index (χ0) is 22.0. The molecule has 0 aliphatic heterocycles. The molecule has 3 heterocycles. The van der Waals surface area contributed by atoms with Gasteiger partial charge in [-0.15, -0.1) is 22.7 Å². The first kappa shape index (κ1) is 22.2. The van der Waals surface area contributed by atoms with Gasteiger partial charge in [0, 0.05) is 43.5 Å². The minimum atomic E-state index is -3.49. The van der Waals surface area contributed by atoms with E-state index < -0.39 is 10.0 Å². The Kier molecular flexibility index (Phi) is 6.59. The largest absolute Gasteiger partial charge is 0.327 e. The van der Waals surface area contributed by atoms with Gasteiger partial charge in [-0.1, -0.05) is 12.1 Å². The first-order chi connectivity index (χ1) is 14.9. The van der Waals surface area contributed by atoms with E-state index in [9.17, 15) is 8.42 Å². The van der Waals surface area contributed by atoms with Crippen molar-refractivity contribution in [1.82, 2.24) is 18.8 Å². The van der Waals surface area contributed by atoms with E-state index in [-0.39, 0.29) is 4.90 Å². The number of sulfonamides is 1. The van der Waals surface area contributed by atoms with E-state index in [1.54, 1.807) is 48.9 Å². The van der Waals surface area contributed by atoms with E-state index in [0.29, 0.717) is 12.1 Å². The summed E-state index contributed by atoms with van der Waals surface area (Å²) < 4.78 is 28.5. The zero-order valence-corrected chi connectivity index (χ0v) is 20.3. The standard InChI is InChI=1S/C22H26N4O2S3/c1-4-26-21-10-9-19(31(27,28)24(2)3)13-20(21)23-22(26)16-25(14-17-7-5-11-29-17)15-18-8-6-12-30-18/h5-13H,4,14-16H2,1-3H3. The van der Waals surface area contributed by atoms with E-state index in [2.05, 4.69) is 51.4 Å². The molecule has 0 saturated carbocycles. The molecule has 0 spiro atoms. The third-order valence-electron chi connectivity index (χ3n) is 5.18. The number of fused-ring (bicyclic) bond motifs is 1. The number of thiophene rings is 2. The van der Waals surface area contributed by atoms with E-state index in [1.807, 2.05) is 6.07 Å². The minimum Gasteiger partial charge on any atom is -0.327 e. The summed E-state index contributed by atoms with van der Waals surface area (Å²) in [7, 11) is -0.405. The molecule has 9 heteroatoms. The average molecular weight is 475 g/mol. The molecule has 0 aliphatic carbocycles. The second-order valence-corrected chi connectivity index (χ2v) is 11.7. The van der Waals surface area contributed by atoms with Gasteiger partial charge >= 0.3 is 0 Å². The van der Waals surface area contributed by atoms with Crippen LogP contribution in [0.4, 0.5) is 0 Å². The van der Waals surface area contributed by atoms with Crippen LogP contribution in [0.2, 0.25) is 0 Å². The first-order valence-electron chi connectivity index (χ1n) is 10.1. The number of aryl methyl sites for hydroxylation is 1. The van der Waals surface area contributed by atoms with Crippen LogP contribution in [0.1, 0.15) is 22.5 Å². The zero-order valence-electron chi connectivity index (χ0n) is 17.9. The van der Waals surface area contributed by atoms with Gasteiger partial charge in [-0.3, -0.25) is 4.90 Å². The SMILES string of the molecule is CCn1c(CN(Cc2cccs2)Cc2cccs2)nc2cc(S(=O)(=O)N(C)C)ccc21. The predicted molar refractivity (Wildman–Crippen MR) is 128 cm³/mol. The molecule has 0 aliphatic rings. The summed E-state index contributed by atoms with van der Waals surface area (Å²) in [6, 6.07) is 13.7. The Morgan fingerprint density at radius 3 is 2.13 bits per heavy atom. The smallest absolute Gasteiger partial charge is 0.242 e. The van der Waals surface area contributed by atoms with Gasteiger partial charge in [-0.05, 0) is 48.0 Å². The fourth-order valence-corrected chi connectivity index (χ4v) is 6.03. The highest BCUT2D eigenvalue weighted by molar-refractivity contribution is 7.89. The highest BCUT2D eigenvalue weighted by Crippen LogP contribution is 2.24. The third-order valence-corrected chi connectivity index (χ3v) is 8.71. The van der Waals surface area contributed by atoms with E-state index in [0.717, 1.165) is 31.0 Å². The van der Waals surface area contributed by atoms with Crippen molar-refractivity contribution in [3.63, 3.8) is 0 Å². The van der Waals surface area contributed by atoms with Crippen LogP contribution in [-0.2, 0) is 36.2 Å². The molecule has 0 amide bonds. The fraction of sp³-hybridized carbons (Fsp3) is 0.318. The summed E-state index contributed by atoms with van der Waals surface area (Å²) in [5.74, 6) is 0.949. The topological polar surface area (TPSA) is 58.4 Å². The Balaban J connectivity index is 1.68. The highest BCUT2D eigenvalue weighted by Gasteiger charge is 2.20. The second kappa shape index (κ2) is 9.22. The molecule has 0 unspecified atom stereocenters. The Bertz CT molecular complexity index is 1210. The lowest BCUT2D eigenvalue weighted by Crippen LogP contribution is -2.23. The van der Waals surface area contributed by atoms with E-state index in [1.165, 1.54) is 14.1 Å². The molecule has 6 nitrogen and oxygen atoms in total. The van der Waals surface area contributed by atoms with Gasteiger partial charge in [-0.25, -0.2) is 17.7 Å². The van der Waals surface area contributed by atoms with Crippen molar-refractivity contribution < 1.29 is 8.42 Å². The van der Waals surface area contributed by atoms with Crippen molar-refractivity contribution >= 4 is 43.7 Å². The molecule has 1 aromatic carbocycles. The second-order valence-electron chi connectivity index (χ2n) is 7.51. The summed E-state index contributed by atoms with van der Waals surface area (Å²) in [6.45, 7) is 5.26. The molecule has 4 aromatic rings. The van der Waals surface area contributed by atoms with Gasteiger partial charge in [0.25, 0.3) is 0 Å². The van der Waals surface area contributed by atoms with Crippen LogP contribution < -0.4 is 0 Å². The average Bonchev–Trinajstić information content (AvgIpc) is 3.48. The lowest BCUT2D eigenvalue weighted by molar-refractivity contribution is 0.243. The van der Waals surface area contributed by atoms with Crippen LogP contribution in [-0.4, -0.2) is 41.3 Å². The number of imidazole rings is 1. The van der Waals surface area contributed by atoms with Gasteiger partial charge in [0.15, 0.2) is 0 Å². The monoisotopic (exact) mass is 474 g/mol.